The number of aromatic nitrogens is 2. The molecule has 0 saturated carbocycles. The average Bonchev–Trinajstić information content (AvgIpc) is 2.48. The molecule has 2 rings (SSSR count). The van der Waals surface area contributed by atoms with Crippen LogP contribution < -0.4 is 4.90 Å². The van der Waals surface area contributed by atoms with Gasteiger partial charge in [0.2, 0.25) is 5.91 Å². The minimum Gasteiger partial charge on any atom is -0.469 e. The first-order chi connectivity index (χ1) is 9.20. The first-order valence-electron chi connectivity index (χ1n) is 6.06. The van der Waals surface area contributed by atoms with Crippen LogP contribution in [0.4, 0.5) is 5.82 Å². The highest BCUT2D eigenvalue weighted by Gasteiger charge is 2.23. The number of carbonyl (C=O) groups is 2. The van der Waals surface area contributed by atoms with Gasteiger partial charge in [-0.15, -0.1) is 0 Å². The van der Waals surface area contributed by atoms with E-state index in [4.69, 9.17) is 0 Å². The molecule has 1 aliphatic rings. The molecule has 1 saturated heterocycles. The van der Waals surface area contributed by atoms with Crippen molar-refractivity contribution in [3.05, 3.63) is 18.6 Å². The van der Waals surface area contributed by atoms with Crippen LogP contribution in [0.5, 0.6) is 0 Å². The van der Waals surface area contributed by atoms with E-state index in [2.05, 4.69) is 19.6 Å². The van der Waals surface area contributed by atoms with E-state index in [9.17, 15) is 9.59 Å². The lowest BCUT2D eigenvalue weighted by atomic mass is 10.2. The number of hydrogen-bond acceptors (Lipinski definition) is 6. The molecule has 1 fully saturated rings. The predicted molar refractivity (Wildman–Crippen MR) is 67.5 cm³/mol. The standard InChI is InChI=1S/C12H16N4O3/c1-19-12(18)8-11(17)16-6-4-15(5-7-16)10-9-13-2-3-14-10/h2-3,9H,4-8H2,1H3. The van der Waals surface area contributed by atoms with E-state index in [1.54, 1.807) is 23.5 Å². The summed E-state index contributed by atoms with van der Waals surface area (Å²) >= 11 is 0. The molecule has 0 spiro atoms. The molecule has 1 aromatic heterocycles. The summed E-state index contributed by atoms with van der Waals surface area (Å²) in [6, 6.07) is 0. The molecule has 0 atom stereocenters. The fraction of sp³-hybridized carbons (Fsp3) is 0.500. The molecule has 102 valence electrons. The lowest BCUT2D eigenvalue weighted by Crippen LogP contribution is -2.49. The molecule has 0 aromatic carbocycles. The van der Waals surface area contributed by atoms with Gasteiger partial charge >= 0.3 is 5.97 Å². The third kappa shape index (κ3) is 3.40. The smallest absolute Gasteiger partial charge is 0.315 e. The van der Waals surface area contributed by atoms with E-state index < -0.39 is 5.97 Å². The van der Waals surface area contributed by atoms with Gasteiger partial charge in [0.15, 0.2) is 0 Å². The Kier molecular flexibility index (Phi) is 4.27. The number of anilines is 1. The summed E-state index contributed by atoms with van der Waals surface area (Å²) in [7, 11) is 1.28. The maximum absolute atomic E-state index is 11.8. The van der Waals surface area contributed by atoms with E-state index >= 15 is 0 Å². The highest BCUT2D eigenvalue weighted by molar-refractivity contribution is 5.94. The second-order valence-corrected chi connectivity index (χ2v) is 4.18. The van der Waals surface area contributed by atoms with Gasteiger partial charge in [-0.3, -0.25) is 14.6 Å². The van der Waals surface area contributed by atoms with Crippen molar-refractivity contribution in [3.8, 4) is 0 Å². The van der Waals surface area contributed by atoms with Gasteiger partial charge < -0.3 is 14.5 Å². The van der Waals surface area contributed by atoms with Crippen molar-refractivity contribution < 1.29 is 14.3 Å². The van der Waals surface area contributed by atoms with E-state index in [1.807, 2.05) is 0 Å². The number of esters is 1. The topological polar surface area (TPSA) is 75.6 Å². The molecular weight excluding hydrogens is 248 g/mol. The van der Waals surface area contributed by atoms with Gasteiger partial charge in [0.25, 0.3) is 0 Å². The maximum Gasteiger partial charge on any atom is 0.315 e. The Morgan fingerprint density at radius 3 is 2.58 bits per heavy atom. The minimum absolute atomic E-state index is 0.189. The quantitative estimate of drug-likeness (QED) is 0.550. The molecule has 0 unspecified atom stereocenters. The number of piperazine rings is 1. The molecule has 0 N–H and O–H groups in total. The SMILES string of the molecule is COC(=O)CC(=O)N1CCN(c2cnccn2)CC1. The first-order valence-corrected chi connectivity index (χ1v) is 6.06. The lowest BCUT2D eigenvalue weighted by Gasteiger charge is -2.35. The zero-order valence-electron chi connectivity index (χ0n) is 10.8. The van der Waals surface area contributed by atoms with Crippen molar-refractivity contribution in [2.45, 2.75) is 6.42 Å². The molecule has 0 aliphatic carbocycles. The molecule has 0 radical (unpaired) electrons. The van der Waals surface area contributed by atoms with Gasteiger partial charge in [-0.25, -0.2) is 4.98 Å². The van der Waals surface area contributed by atoms with Crippen LogP contribution >= 0.6 is 0 Å². The first kappa shape index (κ1) is 13.3. The molecule has 1 aliphatic heterocycles. The van der Waals surface area contributed by atoms with Crippen LogP contribution in [0, 0.1) is 0 Å². The Morgan fingerprint density at radius 2 is 2.00 bits per heavy atom. The maximum atomic E-state index is 11.8. The number of hydrogen-bond donors (Lipinski definition) is 0. The minimum atomic E-state index is -0.499. The summed E-state index contributed by atoms with van der Waals surface area (Å²) < 4.78 is 4.49. The van der Waals surface area contributed by atoms with E-state index in [0.29, 0.717) is 26.2 Å². The molecule has 1 amide bonds. The Morgan fingerprint density at radius 1 is 1.26 bits per heavy atom. The fourth-order valence-corrected chi connectivity index (χ4v) is 1.95. The summed E-state index contributed by atoms with van der Waals surface area (Å²) in [6.45, 7) is 2.52. The molecular formula is C12H16N4O3. The monoisotopic (exact) mass is 264 g/mol. The van der Waals surface area contributed by atoms with Crippen LogP contribution in [-0.2, 0) is 14.3 Å². The van der Waals surface area contributed by atoms with Crippen LogP contribution in [0.25, 0.3) is 0 Å². The van der Waals surface area contributed by atoms with Crippen LogP contribution in [0.3, 0.4) is 0 Å². The van der Waals surface area contributed by atoms with Crippen LogP contribution in [0.2, 0.25) is 0 Å². The largest absolute Gasteiger partial charge is 0.469 e. The van der Waals surface area contributed by atoms with Gasteiger partial charge in [0, 0.05) is 38.6 Å². The Balaban J connectivity index is 1.86. The molecule has 2 heterocycles. The second-order valence-electron chi connectivity index (χ2n) is 4.18. The highest BCUT2D eigenvalue weighted by atomic mass is 16.5. The number of nitrogens with zero attached hydrogens (tertiary/aromatic N) is 4. The lowest BCUT2D eigenvalue weighted by molar-refractivity contribution is -0.146. The zero-order valence-corrected chi connectivity index (χ0v) is 10.8. The van der Waals surface area contributed by atoms with Crippen LogP contribution in [0.15, 0.2) is 18.6 Å². The number of ether oxygens (including phenoxy) is 1. The summed E-state index contributed by atoms with van der Waals surface area (Å²) in [5.74, 6) is 0.120. The molecule has 0 bridgehead atoms. The van der Waals surface area contributed by atoms with Crippen molar-refractivity contribution >= 4 is 17.7 Å². The van der Waals surface area contributed by atoms with Gasteiger partial charge in [0.1, 0.15) is 12.2 Å². The zero-order chi connectivity index (χ0) is 13.7. The van der Waals surface area contributed by atoms with Crippen molar-refractivity contribution in [1.82, 2.24) is 14.9 Å². The average molecular weight is 264 g/mol. The summed E-state index contributed by atoms with van der Waals surface area (Å²) in [4.78, 5) is 34.8. The number of methoxy groups -OCH3 is 1. The Hall–Kier alpha value is -2.18. The number of rotatable bonds is 3. The summed E-state index contributed by atoms with van der Waals surface area (Å²) in [6.07, 6.45) is 4.78. The van der Waals surface area contributed by atoms with E-state index in [0.717, 1.165) is 5.82 Å². The number of carbonyl (C=O) groups excluding carboxylic acids is 2. The predicted octanol–water partition coefficient (Wildman–Crippen LogP) is -0.312. The summed E-state index contributed by atoms with van der Waals surface area (Å²) in [5.41, 5.74) is 0. The molecule has 7 nitrogen and oxygen atoms in total. The normalized spacial score (nSPS) is 15.2. The molecule has 7 heteroatoms. The number of amides is 1. The van der Waals surface area contributed by atoms with Crippen molar-refractivity contribution in [1.29, 1.82) is 0 Å². The Labute approximate surface area is 111 Å². The molecule has 1 aromatic rings. The molecule has 19 heavy (non-hydrogen) atoms. The fourth-order valence-electron chi connectivity index (χ4n) is 1.95. The van der Waals surface area contributed by atoms with Gasteiger partial charge in [0.05, 0.1) is 13.3 Å². The Bertz CT molecular complexity index is 444. The van der Waals surface area contributed by atoms with Gasteiger partial charge in [-0.05, 0) is 0 Å². The third-order valence-corrected chi connectivity index (χ3v) is 3.03. The third-order valence-electron chi connectivity index (χ3n) is 3.03. The van der Waals surface area contributed by atoms with Crippen LogP contribution in [0.1, 0.15) is 6.42 Å². The van der Waals surface area contributed by atoms with Crippen molar-refractivity contribution in [3.63, 3.8) is 0 Å². The highest BCUT2D eigenvalue weighted by Crippen LogP contribution is 2.12. The van der Waals surface area contributed by atoms with Gasteiger partial charge in [-0.2, -0.15) is 0 Å². The van der Waals surface area contributed by atoms with Crippen LogP contribution in [-0.4, -0.2) is 60.0 Å². The van der Waals surface area contributed by atoms with Crippen molar-refractivity contribution in [2.75, 3.05) is 38.2 Å². The van der Waals surface area contributed by atoms with E-state index in [-0.39, 0.29) is 12.3 Å². The summed E-state index contributed by atoms with van der Waals surface area (Å²) in [5, 5.41) is 0. The van der Waals surface area contributed by atoms with E-state index in [1.165, 1.54) is 7.11 Å². The van der Waals surface area contributed by atoms with Crippen molar-refractivity contribution in [2.24, 2.45) is 0 Å². The second kappa shape index (κ2) is 6.12. The van der Waals surface area contributed by atoms with Gasteiger partial charge in [-0.1, -0.05) is 0 Å².